The zero-order chi connectivity index (χ0) is 20.7. The lowest BCUT2D eigenvalue weighted by atomic mass is 10.2. The second-order valence-electron chi connectivity index (χ2n) is 7.40. The number of hydrogen-bond donors (Lipinski definition) is 1. The molecule has 5 rings (SSSR count). The molecule has 3 aromatic heterocycles. The lowest BCUT2D eigenvalue weighted by Crippen LogP contribution is -2.38. The molecule has 1 N–H and O–H groups in total. The van der Waals surface area contributed by atoms with Crippen LogP contribution in [0, 0.1) is 11.8 Å². The molecular formula is C21H18F2N6O. The molecule has 0 spiro atoms. The smallest absolute Gasteiger partial charge is 0.270 e. The van der Waals surface area contributed by atoms with Crippen LogP contribution in [-0.2, 0) is 6.54 Å². The second kappa shape index (κ2) is 7.33. The number of hydrogen-bond acceptors (Lipinski definition) is 4. The normalized spacial score (nSPS) is 16.5. The number of aromatic amines is 1. The summed E-state index contributed by atoms with van der Waals surface area (Å²) in [5.74, 6) is -1.04. The molecule has 0 saturated carbocycles. The number of likely N-dealkylation sites (tertiary alicyclic amines) is 1. The predicted octanol–water partition coefficient (Wildman–Crippen LogP) is 3.40. The van der Waals surface area contributed by atoms with E-state index in [0.29, 0.717) is 35.6 Å². The van der Waals surface area contributed by atoms with Crippen molar-refractivity contribution >= 4 is 16.8 Å². The lowest BCUT2D eigenvalue weighted by Gasteiger charge is -2.24. The molecule has 1 unspecified atom stereocenters. The minimum absolute atomic E-state index is 0.0376. The summed E-state index contributed by atoms with van der Waals surface area (Å²) in [5.41, 5.74) is 2.18. The van der Waals surface area contributed by atoms with Gasteiger partial charge in [0.25, 0.3) is 5.91 Å². The topological polar surface area (TPSA) is 79.7 Å². The number of H-pyrrole nitrogens is 1. The summed E-state index contributed by atoms with van der Waals surface area (Å²) in [4.78, 5) is 21.5. The molecule has 0 aliphatic carbocycles. The Morgan fingerprint density at radius 3 is 2.97 bits per heavy atom. The van der Waals surface area contributed by atoms with E-state index in [-0.39, 0.29) is 17.8 Å². The van der Waals surface area contributed by atoms with Gasteiger partial charge in [-0.05, 0) is 43.2 Å². The van der Waals surface area contributed by atoms with Crippen LogP contribution in [0.2, 0.25) is 0 Å². The van der Waals surface area contributed by atoms with Crippen LogP contribution in [-0.4, -0.2) is 48.4 Å². The van der Waals surface area contributed by atoms with Crippen molar-refractivity contribution in [3.05, 3.63) is 66.3 Å². The molecule has 4 aromatic rings. The van der Waals surface area contributed by atoms with Crippen molar-refractivity contribution in [2.75, 3.05) is 6.54 Å². The molecule has 0 radical (unpaired) electrons. The Morgan fingerprint density at radius 1 is 1.20 bits per heavy atom. The third-order valence-electron chi connectivity index (χ3n) is 5.41. The summed E-state index contributed by atoms with van der Waals surface area (Å²) >= 11 is 0. The van der Waals surface area contributed by atoms with Crippen LogP contribution in [0.25, 0.3) is 22.2 Å². The highest BCUT2D eigenvalue weighted by atomic mass is 19.1. The number of halogens is 2. The molecule has 1 atom stereocenters. The zero-order valence-corrected chi connectivity index (χ0v) is 15.9. The van der Waals surface area contributed by atoms with Crippen LogP contribution >= 0.6 is 0 Å². The van der Waals surface area contributed by atoms with E-state index >= 15 is 0 Å². The molecule has 9 heteroatoms. The Morgan fingerprint density at radius 2 is 2.10 bits per heavy atom. The first-order valence-electron chi connectivity index (χ1n) is 9.68. The monoisotopic (exact) mass is 408 g/mol. The van der Waals surface area contributed by atoms with Gasteiger partial charge in [0.15, 0.2) is 0 Å². The van der Waals surface area contributed by atoms with Gasteiger partial charge in [-0.15, -0.1) is 5.10 Å². The van der Waals surface area contributed by atoms with Crippen molar-refractivity contribution in [2.45, 2.75) is 25.4 Å². The van der Waals surface area contributed by atoms with E-state index in [1.165, 1.54) is 24.4 Å². The summed E-state index contributed by atoms with van der Waals surface area (Å²) in [5, 5.41) is 9.03. The van der Waals surface area contributed by atoms with Crippen LogP contribution in [0.4, 0.5) is 8.78 Å². The van der Waals surface area contributed by atoms with Gasteiger partial charge in [-0.1, -0.05) is 5.21 Å². The Balaban J connectivity index is 1.34. The SMILES string of the molecule is O=C(c1cc2ccc(F)cc2[nH]1)N1CCCC1Cn1cc(-c2ccnc(F)c2)nn1. The molecule has 1 aliphatic heterocycles. The van der Waals surface area contributed by atoms with Gasteiger partial charge in [0.2, 0.25) is 5.95 Å². The fourth-order valence-corrected chi connectivity index (χ4v) is 3.96. The largest absolute Gasteiger partial charge is 0.350 e. The van der Waals surface area contributed by atoms with Gasteiger partial charge in [-0.25, -0.2) is 14.1 Å². The number of carbonyl (C=O) groups is 1. The number of nitrogens with one attached hydrogen (secondary N) is 1. The molecule has 4 heterocycles. The number of pyridine rings is 1. The standard InChI is InChI=1S/C21H18F2N6O/c22-15-4-3-13-8-18(25-17(13)10-15)21(30)29-7-1-2-16(29)11-28-12-19(26-27-28)14-5-6-24-20(23)9-14/h3-6,8-10,12,16,25H,1-2,7,11H2. The summed E-state index contributed by atoms with van der Waals surface area (Å²) in [6.45, 7) is 1.13. The van der Waals surface area contributed by atoms with E-state index in [1.54, 1.807) is 29.1 Å². The Kier molecular flexibility index (Phi) is 4.50. The first-order chi connectivity index (χ1) is 14.6. The van der Waals surface area contributed by atoms with E-state index < -0.39 is 5.95 Å². The van der Waals surface area contributed by atoms with E-state index in [9.17, 15) is 13.6 Å². The van der Waals surface area contributed by atoms with Crippen molar-refractivity contribution in [3.8, 4) is 11.3 Å². The minimum atomic E-state index is -0.576. The molecular weight excluding hydrogens is 390 g/mol. The number of nitrogens with zero attached hydrogens (tertiary/aromatic N) is 5. The van der Waals surface area contributed by atoms with Crippen molar-refractivity contribution in [1.82, 2.24) is 29.9 Å². The molecule has 1 aromatic carbocycles. The van der Waals surface area contributed by atoms with Crippen LogP contribution in [0.3, 0.4) is 0 Å². The molecule has 1 fully saturated rings. The molecule has 1 amide bonds. The van der Waals surface area contributed by atoms with Gasteiger partial charge in [0, 0.05) is 35.3 Å². The van der Waals surface area contributed by atoms with Crippen LogP contribution in [0.1, 0.15) is 23.3 Å². The van der Waals surface area contributed by atoms with E-state index in [2.05, 4.69) is 20.3 Å². The molecule has 30 heavy (non-hydrogen) atoms. The van der Waals surface area contributed by atoms with E-state index in [1.807, 2.05) is 4.90 Å². The summed E-state index contributed by atoms with van der Waals surface area (Å²) in [6.07, 6.45) is 4.86. The average Bonchev–Trinajstić information content (AvgIpc) is 3.47. The molecule has 1 aliphatic rings. The number of amides is 1. The predicted molar refractivity (Wildman–Crippen MR) is 106 cm³/mol. The Hall–Kier alpha value is -3.62. The van der Waals surface area contributed by atoms with Crippen LogP contribution in [0.15, 0.2) is 48.8 Å². The van der Waals surface area contributed by atoms with E-state index in [0.717, 1.165) is 18.2 Å². The van der Waals surface area contributed by atoms with Gasteiger partial charge in [-0.2, -0.15) is 4.39 Å². The van der Waals surface area contributed by atoms with E-state index in [4.69, 9.17) is 0 Å². The van der Waals surface area contributed by atoms with Crippen LogP contribution < -0.4 is 0 Å². The maximum atomic E-state index is 13.4. The average molecular weight is 408 g/mol. The van der Waals surface area contributed by atoms with Crippen LogP contribution in [0.5, 0.6) is 0 Å². The maximum absolute atomic E-state index is 13.4. The van der Waals surface area contributed by atoms with Gasteiger partial charge in [-0.3, -0.25) is 4.79 Å². The Bertz CT molecular complexity index is 1230. The molecule has 0 bridgehead atoms. The summed E-state index contributed by atoms with van der Waals surface area (Å²) in [6, 6.07) is 9.09. The highest BCUT2D eigenvalue weighted by molar-refractivity contribution is 5.98. The molecule has 7 nitrogen and oxygen atoms in total. The van der Waals surface area contributed by atoms with Crippen molar-refractivity contribution in [2.24, 2.45) is 0 Å². The summed E-state index contributed by atoms with van der Waals surface area (Å²) in [7, 11) is 0. The number of benzene rings is 1. The minimum Gasteiger partial charge on any atom is -0.350 e. The third-order valence-corrected chi connectivity index (χ3v) is 5.41. The first kappa shape index (κ1) is 18.4. The highest BCUT2D eigenvalue weighted by Crippen LogP contribution is 2.24. The first-order valence-corrected chi connectivity index (χ1v) is 9.68. The van der Waals surface area contributed by atoms with Crippen molar-refractivity contribution in [3.63, 3.8) is 0 Å². The lowest BCUT2D eigenvalue weighted by molar-refractivity contribution is 0.0716. The number of rotatable bonds is 4. The molecule has 1 saturated heterocycles. The van der Waals surface area contributed by atoms with Gasteiger partial charge in [0.05, 0.1) is 18.8 Å². The third kappa shape index (κ3) is 3.42. The van der Waals surface area contributed by atoms with Gasteiger partial charge in [0.1, 0.15) is 17.2 Å². The maximum Gasteiger partial charge on any atom is 0.270 e. The van der Waals surface area contributed by atoms with Gasteiger partial charge < -0.3 is 9.88 Å². The van der Waals surface area contributed by atoms with Gasteiger partial charge >= 0.3 is 0 Å². The van der Waals surface area contributed by atoms with Crippen molar-refractivity contribution < 1.29 is 13.6 Å². The summed E-state index contributed by atoms with van der Waals surface area (Å²) < 4.78 is 28.5. The number of fused-ring (bicyclic) bond motifs is 1. The Labute approximate surface area is 170 Å². The zero-order valence-electron chi connectivity index (χ0n) is 15.9. The molecule has 152 valence electrons. The fourth-order valence-electron chi connectivity index (χ4n) is 3.96. The number of aromatic nitrogens is 5. The highest BCUT2D eigenvalue weighted by Gasteiger charge is 2.31. The quantitative estimate of drug-likeness (QED) is 0.525. The number of carbonyl (C=O) groups excluding carboxylic acids is 1. The fraction of sp³-hybridized carbons (Fsp3) is 0.238. The second-order valence-corrected chi connectivity index (χ2v) is 7.40. The van der Waals surface area contributed by atoms with Crippen molar-refractivity contribution in [1.29, 1.82) is 0 Å².